The van der Waals surface area contributed by atoms with Crippen molar-refractivity contribution in [2.75, 3.05) is 11.9 Å². The molecule has 1 atom stereocenters. The van der Waals surface area contributed by atoms with Crippen molar-refractivity contribution in [2.24, 2.45) is 5.92 Å². The SMILES string of the molecule is CCOC(=O)c1c(NC(=O)Cn2c(C)nc3ccccc3c2=O)sc2c1CC[C@H](C)C2. The van der Waals surface area contributed by atoms with Gasteiger partial charge in [-0.25, -0.2) is 9.78 Å². The van der Waals surface area contributed by atoms with Gasteiger partial charge < -0.3 is 10.1 Å². The minimum atomic E-state index is -0.412. The molecule has 7 nitrogen and oxygen atoms in total. The zero-order chi connectivity index (χ0) is 22.1. The molecule has 1 N–H and O–H groups in total. The second kappa shape index (κ2) is 8.63. The number of esters is 1. The van der Waals surface area contributed by atoms with Crippen molar-refractivity contribution >= 4 is 39.1 Å². The van der Waals surface area contributed by atoms with E-state index in [2.05, 4.69) is 17.2 Å². The summed E-state index contributed by atoms with van der Waals surface area (Å²) in [6, 6.07) is 7.07. The number of nitrogens with one attached hydrogen (secondary N) is 1. The number of amides is 1. The molecule has 4 rings (SSSR count). The summed E-state index contributed by atoms with van der Waals surface area (Å²) in [6.45, 7) is 5.75. The smallest absolute Gasteiger partial charge is 0.341 e. The van der Waals surface area contributed by atoms with Gasteiger partial charge in [0.15, 0.2) is 0 Å². The number of rotatable bonds is 5. The molecule has 0 saturated heterocycles. The van der Waals surface area contributed by atoms with Crippen molar-refractivity contribution in [1.82, 2.24) is 9.55 Å². The zero-order valence-electron chi connectivity index (χ0n) is 17.9. The second-order valence-corrected chi connectivity index (χ2v) is 9.00. The number of anilines is 1. The van der Waals surface area contributed by atoms with Crippen LogP contribution in [0.3, 0.4) is 0 Å². The van der Waals surface area contributed by atoms with Crippen LogP contribution in [0.1, 0.15) is 46.9 Å². The fourth-order valence-corrected chi connectivity index (χ4v) is 5.45. The Morgan fingerprint density at radius 2 is 2.10 bits per heavy atom. The number of nitrogens with zero attached hydrogens (tertiary/aromatic N) is 2. The summed E-state index contributed by atoms with van der Waals surface area (Å²) in [5.74, 6) is 0.212. The molecule has 162 valence electrons. The molecule has 1 amide bonds. The summed E-state index contributed by atoms with van der Waals surface area (Å²) >= 11 is 1.43. The first-order valence-corrected chi connectivity index (χ1v) is 11.3. The number of aryl methyl sites for hydroxylation is 1. The van der Waals surface area contributed by atoms with Gasteiger partial charge in [0.05, 0.1) is 23.1 Å². The van der Waals surface area contributed by atoms with Gasteiger partial charge in [0.1, 0.15) is 17.4 Å². The van der Waals surface area contributed by atoms with Crippen molar-refractivity contribution in [2.45, 2.75) is 46.6 Å². The van der Waals surface area contributed by atoms with E-state index >= 15 is 0 Å². The first-order chi connectivity index (χ1) is 14.9. The van der Waals surface area contributed by atoms with Crippen LogP contribution in [0.15, 0.2) is 29.1 Å². The third-order valence-corrected chi connectivity index (χ3v) is 6.77. The fraction of sp³-hybridized carbons (Fsp3) is 0.391. The molecule has 31 heavy (non-hydrogen) atoms. The molecule has 0 bridgehead atoms. The number of para-hydroxylation sites is 1. The van der Waals surface area contributed by atoms with Crippen LogP contribution < -0.4 is 10.9 Å². The van der Waals surface area contributed by atoms with Crippen LogP contribution in [-0.2, 0) is 28.9 Å². The minimum absolute atomic E-state index is 0.177. The lowest BCUT2D eigenvalue weighted by molar-refractivity contribution is -0.116. The number of ether oxygens (including phenoxy) is 1. The topological polar surface area (TPSA) is 90.3 Å². The highest BCUT2D eigenvalue weighted by Crippen LogP contribution is 2.40. The standard InChI is InChI=1S/C23H25N3O4S/c1-4-30-23(29)20-16-10-9-13(2)11-18(16)31-21(20)25-19(27)12-26-14(3)24-17-8-6-5-7-15(17)22(26)28/h5-8,13H,4,9-12H2,1-3H3,(H,25,27)/t13-/m0/s1. The van der Waals surface area contributed by atoms with Gasteiger partial charge in [0.2, 0.25) is 5.91 Å². The van der Waals surface area contributed by atoms with Crippen LogP contribution in [0, 0.1) is 12.8 Å². The number of carbonyl (C=O) groups is 2. The molecule has 1 aliphatic carbocycles. The number of aromatic nitrogens is 2. The molecular weight excluding hydrogens is 414 g/mol. The fourth-order valence-electron chi connectivity index (χ4n) is 4.03. The summed E-state index contributed by atoms with van der Waals surface area (Å²) in [6.07, 6.45) is 2.68. The lowest BCUT2D eigenvalue weighted by Crippen LogP contribution is -2.30. The highest BCUT2D eigenvalue weighted by molar-refractivity contribution is 7.17. The quantitative estimate of drug-likeness (QED) is 0.612. The molecule has 0 aliphatic heterocycles. The van der Waals surface area contributed by atoms with Crippen LogP contribution in [0.25, 0.3) is 10.9 Å². The van der Waals surface area contributed by atoms with Crippen LogP contribution >= 0.6 is 11.3 Å². The van der Waals surface area contributed by atoms with Gasteiger partial charge in [-0.15, -0.1) is 11.3 Å². The van der Waals surface area contributed by atoms with Crippen LogP contribution in [0.5, 0.6) is 0 Å². The van der Waals surface area contributed by atoms with E-state index < -0.39 is 5.97 Å². The number of hydrogen-bond donors (Lipinski definition) is 1. The summed E-state index contributed by atoms with van der Waals surface area (Å²) in [7, 11) is 0. The van der Waals surface area contributed by atoms with E-state index in [1.54, 1.807) is 32.0 Å². The van der Waals surface area contributed by atoms with E-state index in [1.807, 2.05) is 6.07 Å². The van der Waals surface area contributed by atoms with E-state index in [-0.39, 0.29) is 24.6 Å². The Bertz CT molecular complexity index is 1230. The predicted molar refractivity (Wildman–Crippen MR) is 121 cm³/mol. The van der Waals surface area contributed by atoms with Crippen LogP contribution in [0.2, 0.25) is 0 Å². The maximum absolute atomic E-state index is 12.9. The Morgan fingerprint density at radius 1 is 1.32 bits per heavy atom. The first kappa shape index (κ1) is 21.2. The average Bonchev–Trinajstić information content (AvgIpc) is 3.08. The van der Waals surface area contributed by atoms with Crippen molar-refractivity contribution in [3.8, 4) is 0 Å². The van der Waals surface area contributed by atoms with Gasteiger partial charge in [0, 0.05) is 4.88 Å². The lowest BCUT2D eigenvalue weighted by Gasteiger charge is -2.18. The number of benzene rings is 1. The van der Waals surface area contributed by atoms with Crippen molar-refractivity contribution in [3.05, 3.63) is 56.4 Å². The third-order valence-electron chi connectivity index (χ3n) is 5.60. The Morgan fingerprint density at radius 3 is 2.87 bits per heavy atom. The van der Waals surface area contributed by atoms with E-state index in [0.29, 0.717) is 33.2 Å². The molecule has 0 unspecified atom stereocenters. The largest absolute Gasteiger partial charge is 0.462 e. The molecule has 2 aromatic heterocycles. The average molecular weight is 440 g/mol. The van der Waals surface area contributed by atoms with E-state index in [0.717, 1.165) is 29.7 Å². The number of carbonyl (C=O) groups excluding carboxylic acids is 2. The number of hydrogen-bond acceptors (Lipinski definition) is 6. The predicted octanol–water partition coefficient (Wildman–Crippen LogP) is 3.71. The van der Waals surface area contributed by atoms with Crippen molar-refractivity contribution in [3.63, 3.8) is 0 Å². The van der Waals surface area contributed by atoms with Gasteiger partial charge in [0.25, 0.3) is 5.56 Å². The Labute approximate surface area is 184 Å². The molecule has 1 aliphatic rings. The van der Waals surface area contributed by atoms with Gasteiger partial charge in [-0.1, -0.05) is 19.1 Å². The third kappa shape index (κ3) is 4.12. The lowest BCUT2D eigenvalue weighted by atomic mass is 9.88. The highest BCUT2D eigenvalue weighted by Gasteiger charge is 2.29. The van der Waals surface area contributed by atoms with Crippen molar-refractivity contribution < 1.29 is 14.3 Å². The van der Waals surface area contributed by atoms with Gasteiger partial charge >= 0.3 is 5.97 Å². The summed E-state index contributed by atoms with van der Waals surface area (Å²) in [5.41, 5.74) is 1.79. The Balaban J connectivity index is 1.64. The molecule has 0 spiro atoms. The molecule has 0 saturated carbocycles. The molecule has 3 aromatic rings. The molecule has 8 heteroatoms. The normalized spacial score (nSPS) is 15.5. The van der Waals surface area contributed by atoms with Crippen molar-refractivity contribution in [1.29, 1.82) is 0 Å². The second-order valence-electron chi connectivity index (χ2n) is 7.89. The summed E-state index contributed by atoms with van der Waals surface area (Å²) in [5, 5.41) is 3.83. The Kier molecular flexibility index (Phi) is 5.91. The molecular formula is C23H25N3O4S. The van der Waals surface area contributed by atoms with Gasteiger partial charge in [-0.05, 0) is 56.7 Å². The first-order valence-electron chi connectivity index (χ1n) is 10.5. The van der Waals surface area contributed by atoms with Gasteiger partial charge in [-0.2, -0.15) is 0 Å². The molecule has 2 heterocycles. The Hall–Kier alpha value is -3.00. The highest BCUT2D eigenvalue weighted by atomic mass is 32.1. The zero-order valence-corrected chi connectivity index (χ0v) is 18.7. The number of thiophene rings is 1. The van der Waals surface area contributed by atoms with E-state index in [1.165, 1.54) is 15.9 Å². The summed E-state index contributed by atoms with van der Waals surface area (Å²) < 4.78 is 6.62. The maximum atomic E-state index is 12.9. The van der Waals surface area contributed by atoms with Crippen LogP contribution in [0.4, 0.5) is 5.00 Å². The van der Waals surface area contributed by atoms with Crippen LogP contribution in [-0.4, -0.2) is 28.0 Å². The number of fused-ring (bicyclic) bond motifs is 2. The van der Waals surface area contributed by atoms with E-state index in [4.69, 9.17) is 4.74 Å². The summed E-state index contributed by atoms with van der Waals surface area (Å²) in [4.78, 5) is 44.0. The van der Waals surface area contributed by atoms with Gasteiger partial charge in [-0.3, -0.25) is 14.2 Å². The molecule has 0 fully saturated rings. The molecule has 0 radical (unpaired) electrons. The minimum Gasteiger partial charge on any atom is -0.462 e. The monoisotopic (exact) mass is 439 g/mol. The van der Waals surface area contributed by atoms with E-state index in [9.17, 15) is 14.4 Å². The maximum Gasteiger partial charge on any atom is 0.341 e. The molecule has 1 aromatic carbocycles.